The summed E-state index contributed by atoms with van der Waals surface area (Å²) in [5, 5.41) is 0. The molecular weight excluding hydrogens is 406 g/mol. The second-order valence-corrected chi connectivity index (χ2v) is 9.16. The van der Waals surface area contributed by atoms with Crippen molar-refractivity contribution in [3.05, 3.63) is 66.2 Å². The first-order chi connectivity index (χ1) is 15.5. The predicted molar refractivity (Wildman–Crippen MR) is 116 cm³/mol. The summed E-state index contributed by atoms with van der Waals surface area (Å²) in [6.45, 7) is 0. The van der Waals surface area contributed by atoms with Gasteiger partial charge < -0.3 is 9.47 Å². The van der Waals surface area contributed by atoms with Crippen LogP contribution in [0.25, 0.3) is 0 Å². The summed E-state index contributed by atoms with van der Waals surface area (Å²) in [5.41, 5.74) is 1.36. The fraction of sp³-hybridized carbons (Fsp3) is 0.346. The average Bonchev–Trinajstić information content (AvgIpc) is 3.58. The predicted octanol–water partition coefficient (Wildman–Crippen LogP) is 3.40. The van der Waals surface area contributed by atoms with Gasteiger partial charge in [-0.05, 0) is 72.1 Å². The Kier molecular flexibility index (Phi) is 4.25. The largest absolute Gasteiger partial charge is 0.497 e. The number of allylic oxidation sites excluding steroid dienone is 2. The second-order valence-electron chi connectivity index (χ2n) is 9.16. The highest BCUT2D eigenvalue weighted by molar-refractivity contribution is 6.22. The third-order valence-electron chi connectivity index (χ3n) is 7.50. The molecule has 0 aromatic heterocycles. The number of carbonyl (C=O) groups excluding carboxylic acids is 3. The first-order valence-corrected chi connectivity index (χ1v) is 11.0. The van der Waals surface area contributed by atoms with Gasteiger partial charge in [-0.2, -0.15) is 0 Å². The highest BCUT2D eigenvalue weighted by Gasteiger charge is 2.67. The molecule has 1 heterocycles. The Morgan fingerprint density at radius 3 is 2.00 bits per heavy atom. The summed E-state index contributed by atoms with van der Waals surface area (Å²) < 4.78 is 10.6. The molecule has 4 aliphatic carbocycles. The number of nitrogens with zero attached hydrogens (tertiary/aromatic N) is 1. The summed E-state index contributed by atoms with van der Waals surface area (Å²) in [6.07, 6.45) is 5.61. The van der Waals surface area contributed by atoms with Crippen molar-refractivity contribution >= 4 is 23.5 Å². The van der Waals surface area contributed by atoms with E-state index in [0.717, 1.165) is 17.7 Å². The van der Waals surface area contributed by atoms with Crippen LogP contribution >= 0.6 is 0 Å². The van der Waals surface area contributed by atoms with Gasteiger partial charge in [0, 0.05) is 0 Å². The van der Waals surface area contributed by atoms with Crippen molar-refractivity contribution in [3.63, 3.8) is 0 Å². The van der Waals surface area contributed by atoms with Gasteiger partial charge in [0.25, 0.3) is 0 Å². The van der Waals surface area contributed by atoms with Crippen molar-refractivity contribution < 1.29 is 23.9 Å². The monoisotopic (exact) mass is 429 g/mol. The number of anilines is 1. The lowest BCUT2D eigenvalue weighted by Gasteiger charge is -2.37. The van der Waals surface area contributed by atoms with Gasteiger partial charge in [-0.15, -0.1) is 0 Å². The third kappa shape index (κ3) is 2.89. The van der Waals surface area contributed by atoms with Crippen molar-refractivity contribution in [2.45, 2.75) is 12.8 Å². The molecule has 1 aliphatic heterocycles. The van der Waals surface area contributed by atoms with Crippen molar-refractivity contribution in [2.24, 2.45) is 35.5 Å². The lowest BCUT2D eigenvalue weighted by molar-refractivity contribution is -0.133. The van der Waals surface area contributed by atoms with Gasteiger partial charge in [0.1, 0.15) is 11.5 Å². The van der Waals surface area contributed by atoms with E-state index in [4.69, 9.17) is 9.47 Å². The quantitative estimate of drug-likeness (QED) is 0.315. The van der Waals surface area contributed by atoms with Crippen LogP contribution in [0.3, 0.4) is 0 Å². The first-order valence-electron chi connectivity index (χ1n) is 11.0. The Bertz CT molecular complexity index is 1100. The minimum absolute atomic E-state index is 0.0889. The molecule has 6 unspecified atom stereocenters. The first kappa shape index (κ1) is 19.3. The van der Waals surface area contributed by atoms with Crippen molar-refractivity contribution in [2.75, 3.05) is 12.0 Å². The van der Waals surface area contributed by atoms with Crippen LogP contribution in [-0.2, 0) is 20.8 Å². The molecule has 5 aliphatic rings. The van der Waals surface area contributed by atoms with Gasteiger partial charge in [-0.1, -0.05) is 24.3 Å². The standard InChI is InChI=1S/C26H23NO5/c1-31-16-6-2-14(3-7-16)12-22(28)32-17-8-4-15(5-9-17)27-25(29)23-18-10-11-19(21-13-20(18)21)24(23)26(27)30/h2-11,18-21,23-24H,12-13H2,1H3. The Hall–Kier alpha value is -3.41. The zero-order valence-electron chi connectivity index (χ0n) is 17.6. The molecule has 6 atom stereocenters. The molecule has 0 radical (unpaired) electrons. The van der Waals surface area contributed by atoms with Gasteiger partial charge in [-0.3, -0.25) is 19.3 Å². The number of benzene rings is 2. The maximum atomic E-state index is 13.2. The molecule has 0 N–H and O–H groups in total. The molecule has 162 valence electrons. The van der Waals surface area contributed by atoms with E-state index in [-0.39, 0.29) is 47.9 Å². The van der Waals surface area contributed by atoms with Gasteiger partial charge in [-0.25, -0.2) is 0 Å². The van der Waals surface area contributed by atoms with Crippen LogP contribution in [-0.4, -0.2) is 24.9 Å². The van der Waals surface area contributed by atoms with Gasteiger partial charge in [0.2, 0.25) is 11.8 Å². The van der Waals surface area contributed by atoms with Crippen molar-refractivity contribution in [1.29, 1.82) is 0 Å². The molecule has 2 bridgehead atoms. The molecule has 2 aromatic carbocycles. The number of esters is 1. The van der Waals surface area contributed by atoms with Gasteiger partial charge >= 0.3 is 5.97 Å². The average molecular weight is 429 g/mol. The number of methoxy groups -OCH3 is 1. The molecule has 3 fully saturated rings. The third-order valence-corrected chi connectivity index (χ3v) is 7.50. The molecule has 0 spiro atoms. The second kappa shape index (κ2) is 7.05. The number of ether oxygens (including phenoxy) is 2. The topological polar surface area (TPSA) is 72.9 Å². The summed E-state index contributed by atoms with van der Waals surface area (Å²) in [4.78, 5) is 40.0. The van der Waals surface area contributed by atoms with Crippen molar-refractivity contribution in [1.82, 2.24) is 0 Å². The number of hydrogen-bond donors (Lipinski definition) is 0. The Morgan fingerprint density at radius 2 is 1.44 bits per heavy atom. The van der Waals surface area contributed by atoms with E-state index in [0.29, 0.717) is 23.3 Å². The highest BCUT2D eigenvalue weighted by atomic mass is 16.5. The molecule has 2 aromatic rings. The summed E-state index contributed by atoms with van der Waals surface area (Å²) in [6, 6.07) is 13.9. The zero-order valence-corrected chi connectivity index (χ0v) is 17.6. The van der Waals surface area contributed by atoms with Crippen LogP contribution in [0.5, 0.6) is 11.5 Å². The van der Waals surface area contributed by atoms with Crippen LogP contribution in [0.15, 0.2) is 60.7 Å². The Balaban J connectivity index is 1.14. The number of carbonyl (C=O) groups is 3. The number of rotatable bonds is 5. The molecule has 1 saturated heterocycles. The minimum Gasteiger partial charge on any atom is -0.497 e. The number of amides is 2. The summed E-state index contributed by atoms with van der Waals surface area (Å²) in [5.74, 6) is 1.67. The van der Waals surface area contributed by atoms with E-state index < -0.39 is 0 Å². The highest BCUT2D eigenvalue weighted by Crippen LogP contribution is 2.65. The normalized spacial score (nSPS) is 31.3. The minimum atomic E-state index is -0.385. The Labute approximate surface area is 185 Å². The molecule has 7 rings (SSSR count). The molecular formula is C26H23NO5. The van der Waals surface area contributed by atoms with Crippen LogP contribution < -0.4 is 14.4 Å². The lowest BCUT2D eigenvalue weighted by atomic mass is 9.63. The molecule has 6 nitrogen and oxygen atoms in total. The molecule has 6 heteroatoms. The van der Waals surface area contributed by atoms with E-state index in [1.807, 2.05) is 12.1 Å². The maximum absolute atomic E-state index is 13.2. The number of hydrogen-bond acceptors (Lipinski definition) is 5. The van der Waals surface area contributed by atoms with Gasteiger partial charge in [0.05, 0.1) is 31.1 Å². The summed E-state index contributed by atoms with van der Waals surface area (Å²) in [7, 11) is 1.59. The van der Waals surface area contributed by atoms with Gasteiger partial charge in [0.15, 0.2) is 0 Å². The fourth-order valence-corrected chi connectivity index (χ4v) is 5.95. The fourth-order valence-electron chi connectivity index (χ4n) is 5.95. The molecule has 2 saturated carbocycles. The zero-order chi connectivity index (χ0) is 22.0. The van der Waals surface area contributed by atoms with E-state index in [1.165, 1.54) is 4.90 Å². The lowest BCUT2D eigenvalue weighted by Crippen LogP contribution is -2.40. The Morgan fingerprint density at radius 1 is 0.875 bits per heavy atom. The number of imide groups is 1. The maximum Gasteiger partial charge on any atom is 0.315 e. The summed E-state index contributed by atoms with van der Waals surface area (Å²) >= 11 is 0. The van der Waals surface area contributed by atoms with E-state index >= 15 is 0 Å². The van der Waals surface area contributed by atoms with Crippen molar-refractivity contribution in [3.8, 4) is 11.5 Å². The van der Waals surface area contributed by atoms with E-state index in [1.54, 1.807) is 43.5 Å². The van der Waals surface area contributed by atoms with Crippen LogP contribution in [0.1, 0.15) is 12.0 Å². The molecule has 2 amide bonds. The van der Waals surface area contributed by atoms with Crippen LogP contribution in [0.2, 0.25) is 0 Å². The molecule has 32 heavy (non-hydrogen) atoms. The van der Waals surface area contributed by atoms with E-state index in [2.05, 4.69) is 12.2 Å². The smallest absolute Gasteiger partial charge is 0.315 e. The van der Waals surface area contributed by atoms with Crippen LogP contribution in [0.4, 0.5) is 5.69 Å². The SMILES string of the molecule is COc1ccc(CC(=O)Oc2ccc(N3C(=O)C4C5C=CC(C6CC56)C4C3=O)cc2)cc1. The van der Waals surface area contributed by atoms with E-state index in [9.17, 15) is 14.4 Å². The van der Waals surface area contributed by atoms with Crippen LogP contribution in [0, 0.1) is 35.5 Å².